The number of hydrogen-bond donors (Lipinski definition) is 3. The number of carbonyl (C=O) groups is 2. The predicted molar refractivity (Wildman–Crippen MR) is 140 cm³/mol. The molecule has 0 spiro atoms. The fourth-order valence-corrected chi connectivity index (χ4v) is 6.15. The van der Waals surface area contributed by atoms with Gasteiger partial charge in [-0.25, -0.2) is 8.42 Å². The molecule has 0 bridgehead atoms. The number of aryl methyl sites for hydroxylation is 2. The molecule has 2 aromatic heterocycles. The Kier molecular flexibility index (Phi) is 6.98. The van der Waals surface area contributed by atoms with Crippen molar-refractivity contribution in [1.82, 2.24) is 14.5 Å². The molecule has 36 heavy (non-hydrogen) atoms. The highest BCUT2D eigenvalue weighted by molar-refractivity contribution is 7.89. The lowest BCUT2D eigenvalue weighted by molar-refractivity contribution is -0.140. The Morgan fingerprint density at radius 1 is 1.03 bits per heavy atom. The summed E-state index contributed by atoms with van der Waals surface area (Å²) in [6, 6.07) is 14.0. The van der Waals surface area contributed by atoms with Crippen molar-refractivity contribution in [2.75, 3.05) is 5.32 Å². The van der Waals surface area contributed by atoms with E-state index >= 15 is 0 Å². The number of benzene rings is 2. The lowest BCUT2D eigenvalue weighted by Crippen LogP contribution is -2.44. The molecule has 9 nitrogen and oxygen atoms in total. The smallest absolute Gasteiger partial charge is 0.322 e. The van der Waals surface area contributed by atoms with Crippen molar-refractivity contribution < 1.29 is 23.1 Å². The molecule has 11 heteroatoms. The fourth-order valence-electron chi connectivity index (χ4n) is 3.79. The number of hydrogen-bond acceptors (Lipinski definition) is 6. The van der Waals surface area contributed by atoms with Gasteiger partial charge in [-0.1, -0.05) is 38.1 Å². The van der Waals surface area contributed by atoms with Gasteiger partial charge in [0.15, 0.2) is 0 Å². The Morgan fingerprint density at radius 2 is 1.61 bits per heavy atom. The van der Waals surface area contributed by atoms with Gasteiger partial charge in [-0.3, -0.25) is 14.3 Å². The summed E-state index contributed by atoms with van der Waals surface area (Å²) in [4.78, 5) is 25.6. The number of carboxylic acids is 1. The summed E-state index contributed by atoms with van der Waals surface area (Å²) in [7, 11) is -2.14. The zero-order valence-electron chi connectivity index (χ0n) is 20.1. The molecular formula is C25H26N4O5S2. The first kappa shape index (κ1) is 25.5. The summed E-state index contributed by atoms with van der Waals surface area (Å²) in [5.41, 5.74) is 3.12. The summed E-state index contributed by atoms with van der Waals surface area (Å²) in [5.74, 6) is -1.83. The lowest BCUT2D eigenvalue weighted by Gasteiger charge is -2.18. The maximum Gasteiger partial charge on any atom is 0.322 e. The van der Waals surface area contributed by atoms with Gasteiger partial charge in [0.05, 0.1) is 15.5 Å². The maximum absolute atomic E-state index is 12.7. The van der Waals surface area contributed by atoms with Crippen molar-refractivity contribution in [2.24, 2.45) is 13.0 Å². The molecule has 0 aliphatic carbocycles. The first-order valence-corrected chi connectivity index (χ1v) is 13.5. The van der Waals surface area contributed by atoms with Gasteiger partial charge >= 0.3 is 5.97 Å². The number of carboxylic acid groups (broad SMARTS) is 1. The molecule has 4 aromatic rings. The third-order valence-corrected chi connectivity index (χ3v) is 8.43. The van der Waals surface area contributed by atoms with Crippen LogP contribution in [0, 0.1) is 12.8 Å². The normalized spacial score (nSPS) is 12.7. The van der Waals surface area contributed by atoms with Crippen LogP contribution < -0.4 is 10.0 Å². The topological polar surface area (TPSA) is 130 Å². The SMILES string of the molecule is Cc1nn(C)c2sc(C(=O)Nc3ccc(-c4ccc(S(=O)(=O)N[C@H](C(=O)O)C(C)C)cc4)cc3)cc12. The van der Waals surface area contributed by atoms with Crippen LogP contribution in [0.4, 0.5) is 5.69 Å². The Balaban J connectivity index is 1.46. The number of nitrogens with zero attached hydrogens (tertiary/aromatic N) is 2. The van der Waals surface area contributed by atoms with Gasteiger partial charge in [-0.05, 0) is 54.3 Å². The van der Waals surface area contributed by atoms with Crippen LogP contribution in [0.3, 0.4) is 0 Å². The molecule has 2 aromatic carbocycles. The second-order valence-corrected chi connectivity index (χ2v) is 11.5. The van der Waals surface area contributed by atoms with Gasteiger partial charge in [0.1, 0.15) is 10.9 Å². The number of aliphatic carboxylic acids is 1. The third kappa shape index (κ3) is 5.18. The van der Waals surface area contributed by atoms with Gasteiger partial charge in [0.2, 0.25) is 10.0 Å². The minimum atomic E-state index is -3.99. The van der Waals surface area contributed by atoms with Crippen LogP contribution in [0.15, 0.2) is 59.5 Å². The van der Waals surface area contributed by atoms with E-state index in [2.05, 4.69) is 15.1 Å². The van der Waals surface area contributed by atoms with Gasteiger partial charge in [0, 0.05) is 18.1 Å². The van der Waals surface area contributed by atoms with E-state index in [4.69, 9.17) is 0 Å². The van der Waals surface area contributed by atoms with Crippen molar-refractivity contribution in [2.45, 2.75) is 31.7 Å². The summed E-state index contributed by atoms with van der Waals surface area (Å²) in [6.45, 7) is 5.18. The summed E-state index contributed by atoms with van der Waals surface area (Å²) in [5, 5.41) is 17.5. The summed E-state index contributed by atoms with van der Waals surface area (Å²) in [6.07, 6.45) is 0. The Bertz CT molecular complexity index is 1500. The standard InChI is InChI=1S/C25H26N4O5S2/c1-14(2)22(25(31)32)28-36(33,34)19-11-7-17(8-12-19)16-5-9-18(10-6-16)26-23(30)21-13-20-15(3)27-29(4)24(20)35-21/h5-14,22,28H,1-4H3,(H,26,30)(H,31,32)/t22-/m0/s1. The van der Waals surface area contributed by atoms with Crippen LogP contribution in [0.25, 0.3) is 21.3 Å². The number of anilines is 1. The van der Waals surface area contributed by atoms with E-state index in [0.717, 1.165) is 27.0 Å². The molecule has 0 fully saturated rings. The van der Waals surface area contributed by atoms with Gasteiger partial charge in [-0.15, -0.1) is 11.3 Å². The quantitative estimate of drug-likeness (QED) is 0.315. The molecular weight excluding hydrogens is 500 g/mol. The van der Waals surface area contributed by atoms with Crippen LogP contribution >= 0.6 is 11.3 Å². The molecule has 0 saturated heterocycles. The number of sulfonamides is 1. The Labute approximate surface area is 212 Å². The van der Waals surface area contributed by atoms with E-state index in [9.17, 15) is 23.1 Å². The molecule has 2 heterocycles. The van der Waals surface area contributed by atoms with Gasteiger partial charge in [-0.2, -0.15) is 9.82 Å². The monoisotopic (exact) mass is 526 g/mol. The van der Waals surface area contributed by atoms with Crippen LogP contribution in [-0.2, 0) is 21.9 Å². The molecule has 0 saturated carbocycles. The first-order chi connectivity index (χ1) is 17.0. The molecule has 4 rings (SSSR count). The van der Waals surface area contributed by atoms with Crippen molar-refractivity contribution in [3.63, 3.8) is 0 Å². The molecule has 3 N–H and O–H groups in total. The average Bonchev–Trinajstić information content (AvgIpc) is 3.39. The van der Waals surface area contributed by atoms with E-state index < -0.39 is 28.0 Å². The number of nitrogens with one attached hydrogen (secondary N) is 2. The number of carbonyl (C=O) groups excluding carboxylic acids is 1. The van der Waals surface area contributed by atoms with Crippen LogP contribution in [0.5, 0.6) is 0 Å². The average molecular weight is 527 g/mol. The van der Waals surface area contributed by atoms with Crippen molar-refractivity contribution in [3.05, 3.63) is 65.2 Å². The molecule has 0 aliphatic heterocycles. The molecule has 0 aliphatic rings. The highest BCUT2D eigenvalue weighted by Crippen LogP contribution is 2.29. The Morgan fingerprint density at radius 3 is 2.14 bits per heavy atom. The highest BCUT2D eigenvalue weighted by Gasteiger charge is 2.28. The number of aromatic nitrogens is 2. The van der Waals surface area contributed by atoms with Crippen LogP contribution in [-0.4, -0.2) is 41.2 Å². The van der Waals surface area contributed by atoms with E-state index in [1.807, 2.05) is 32.2 Å². The number of amides is 1. The number of thiophene rings is 1. The number of rotatable bonds is 8. The van der Waals surface area contributed by atoms with E-state index in [-0.39, 0.29) is 10.8 Å². The fraction of sp³-hybridized carbons (Fsp3) is 0.240. The second-order valence-electron chi connectivity index (χ2n) is 8.78. The summed E-state index contributed by atoms with van der Waals surface area (Å²) < 4.78 is 29.3. The zero-order valence-corrected chi connectivity index (χ0v) is 21.8. The van der Waals surface area contributed by atoms with Crippen molar-refractivity contribution in [3.8, 4) is 11.1 Å². The van der Waals surface area contributed by atoms with E-state index in [0.29, 0.717) is 10.6 Å². The minimum absolute atomic E-state index is 0.0178. The predicted octanol–water partition coefficient (Wildman–Crippen LogP) is 4.25. The third-order valence-electron chi connectivity index (χ3n) is 5.78. The Hall–Kier alpha value is -3.54. The zero-order chi connectivity index (χ0) is 26.2. The van der Waals surface area contributed by atoms with E-state index in [1.54, 1.807) is 42.8 Å². The molecule has 1 amide bonds. The van der Waals surface area contributed by atoms with Crippen molar-refractivity contribution in [1.29, 1.82) is 0 Å². The van der Waals surface area contributed by atoms with Crippen LogP contribution in [0.2, 0.25) is 0 Å². The van der Waals surface area contributed by atoms with Crippen LogP contribution in [0.1, 0.15) is 29.2 Å². The highest BCUT2D eigenvalue weighted by atomic mass is 32.2. The summed E-state index contributed by atoms with van der Waals surface area (Å²) >= 11 is 1.38. The molecule has 1 atom stereocenters. The lowest BCUT2D eigenvalue weighted by atomic mass is 10.1. The minimum Gasteiger partial charge on any atom is -0.480 e. The van der Waals surface area contributed by atoms with E-state index in [1.165, 1.54) is 23.5 Å². The largest absolute Gasteiger partial charge is 0.480 e. The van der Waals surface area contributed by atoms with Gasteiger partial charge < -0.3 is 10.4 Å². The maximum atomic E-state index is 12.7. The molecule has 0 radical (unpaired) electrons. The second kappa shape index (κ2) is 9.84. The number of fused-ring (bicyclic) bond motifs is 1. The molecule has 188 valence electrons. The van der Waals surface area contributed by atoms with Crippen molar-refractivity contribution >= 4 is 49.1 Å². The molecule has 0 unspecified atom stereocenters. The van der Waals surface area contributed by atoms with Gasteiger partial charge in [0.25, 0.3) is 5.91 Å². The first-order valence-electron chi connectivity index (χ1n) is 11.2.